The topological polar surface area (TPSA) is 46.5 Å². The Hall–Kier alpha value is -1.35. The van der Waals surface area contributed by atoms with Crippen LogP contribution >= 0.6 is 0 Å². The van der Waals surface area contributed by atoms with Crippen molar-refractivity contribution in [3.63, 3.8) is 0 Å². The molecule has 0 amide bonds. The van der Waals surface area contributed by atoms with Crippen LogP contribution in [-0.2, 0) is 15.6 Å². The van der Waals surface area contributed by atoms with Crippen molar-refractivity contribution in [3.05, 3.63) is 34.4 Å². The van der Waals surface area contributed by atoms with Crippen LogP contribution in [0.1, 0.15) is 47.8 Å². The van der Waals surface area contributed by atoms with Crippen LogP contribution in [0.2, 0.25) is 0 Å². The Morgan fingerprint density at radius 1 is 1.33 bits per heavy atom. The number of hydrogen-bond acceptors (Lipinski definition) is 3. The highest BCUT2D eigenvalue weighted by molar-refractivity contribution is 5.95. The van der Waals surface area contributed by atoms with E-state index in [4.69, 9.17) is 4.74 Å². The van der Waals surface area contributed by atoms with E-state index in [2.05, 4.69) is 0 Å². The van der Waals surface area contributed by atoms with Gasteiger partial charge in [-0.05, 0) is 30.5 Å². The first-order chi connectivity index (χ1) is 8.30. The number of aryl methyl sites for hydroxylation is 1. The molecule has 1 aliphatic heterocycles. The molecule has 1 aromatic rings. The molecule has 0 saturated heterocycles. The molecule has 1 aromatic carbocycles. The van der Waals surface area contributed by atoms with Gasteiger partial charge in [0.05, 0.1) is 17.1 Å². The molecule has 1 heterocycles. The smallest absolute Gasteiger partial charge is 0.338 e. The summed E-state index contributed by atoms with van der Waals surface area (Å²) in [6.45, 7) is 8.22. The van der Waals surface area contributed by atoms with Crippen molar-refractivity contribution in [1.29, 1.82) is 0 Å². The summed E-state index contributed by atoms with van der Waals surface area (Å²) in [6.07, 6.45) is -0.534. The maximum atomic E-state index is 12.0. The van der Waals surface area contributed by atoms with Crippen molar-refractivity contribution in [2.75, 3.05) is 6.61 Å². The van der Waals surface area contributed by atoms with Gasteiger partial charge in [-0.25, -0.2) is 4.79 Å². The Morgan fingerprint density at radius 3 is 2.67 bits per heavy atom. The van der Waals surface area contributed by atoms with Crippen LogP contribution in [0.4, 0.5) is 0 Å². The molecule has 0 aromatic heterocycles. The molecule has 3 heteroatoms. The van der Waals surface area contributed by atoms with E-state index < -0.39 is 11.5 Å². The average molecular weight is 246 g/mol. The number of esters is 1. The minimum atomic E-state index is -0.534. The van der Waals surface area contributed by atoms with E-state index in [0.717, 1.165) is 16.7 Å². The van der Waals surface area contributed by atoms with Crippen LogP contribution in [-0.4, -0.2) is 23.8 Å². The number of ether oxygens (including phenoxy) is 1. The highest BCUT2D eigenvalue weighted by Crippen LogP contribution is 2.53. The van der Waals surface area contributed by atoms with Gasteiger partial charge >= 0.3 is 5.97 Å². The first kappa shape index (κ1) is 11.7. The number of carbonyl (C=O) groups excluding carboxylic acids is 1. The number of hydrogen-bond donors (Lipinski definition) is 1. The van der Waals surface area contributed by atoms with Crippen LogP contribution in [0, 0.1) is 6.92 Å². The first-order valence-corrected chi connectivity index (χ1v) is 6.30. The summed E-state index contributed by atoms with van der Waals surface area (Å²) in [6, 6.07) is 3.99. The van der Waals surface area contributed by atoms with E-state index in [1.54, 1.807) is 0 Å². The summed E-state index contributed by atoms with van der Waals surface area (Å²) in [5.74, 6) is -0.258. The molecule has 3 nitrogen and oxygen atoms in total. The standard InChI is InChI=1S/C15H18O3/c1-8-5-6-9-11-10(8)12(16)18-7-15(11,4)13(17)14(9,2)3/h5-6,13,17H,7H2,1-4H3/t13-,15-/m1/s1. The van der Waals surface area contributed by atoms with Crippen LogP contribution < -0.4 is 0 Å². The third kappa shape index (κ3) is 1.11. The fraction of sp³-hybridized carbons (Fsp3) is 0.533. The minimum absolute atomic E-state index is 0.258. The molecule has 0 spiro atoms. The predicted octanol–water partition coefficient (Wildman–Crippen LogP) is 2.08. The van der Waals surface area contributed by atoms with E-state index in [1.165, 1.54) is 0 Å². The van der Waals surface area contributed by atoms with E-state index in [1.807, 2.05) is 39.8 Å². The zero-order chi connectivity index (χ0) is 13.3. The van der Waals surface area contributed by atoms with Crippen LogP contribution in [0.15, 0.2) is 12.1 Å². The molecule has 1 aliphatic carbocycles. The van der Waals surface area contributed by atoms with E-state index in [0.29, 0.717) is 5.56 Å². The second-order valence-corrected chi connectivity index (χ2v) is 6.30. The Morgan fingerprint density at radius 2 is 2.00 bits per heavy atom. The molecule has 0 radical (unpaired) electrons. The lowest BCUT2D eigenvalue weighted by Crippen LogP contribution is -2.46. The van der Waals surface area contributed by atoms with Crippen LogP contribution in [0.5, 0.6) is 0 Å². The van der Waals surface area contributed by atoms with Gasteiger partial charge in [0.15, 0.2) is 0 Å². The molecule has 3 rings (SSSR count). The number of carbonyl (C=O) groups is 1. The Labute approximate surface area is 107 Å². The van der Waals surface area contributed by atoms with Crippen molar-refractivity contribution >= 4 is 5.97 Å². The Kier molecular flexibility index (Phi) is 2.05. The Bertz CT molecular complexity index is 559. The van der Waals surface area contributed by atoms with Gasteiger partial charge in [0.1, 0.15) is 6.61 Å². The van der Waals surface area contributed by atoms with Gasteiger partial charge in [-0.2, -0.15) is 0 Å². The van der Waals surface area contributed by atoms with Gasteiger partial charge in [-0.15, -0.1) is 0 Å². The molecule has 0 saturated carbocycles. The monoisotopic (exact) mass is 246 g/mol. The molecule has 0 fully saturated rings. The number of benzene rings is 1. The fourth-order valence-corrected chi connectivity index (χ4v) is 3.62. The zero-order valence-corrected chi connectivity index (χ0v) is 11.2. The largest absolute Gasteiger partial charge is 0.461 e. The third-order valence-electron chi connectivity index (χ3n) is 4.67. The summed E-state index contributed by atoms with van der Waals surface area (Å²) in [7, 11) is 0. The van der Waals surface area contributed by atoms with E-state index in [9.17, 15) is 9.90 Å². The van der Waals surface area contributed by atoms with Gasteiger partial charge < -0.3 is 9.84 Å². The molecule has 1 N–H and O–H groups in total. The van der Waals surface area contributed by atoms with Crippen molar-refractivity contribution in [2.24, 2.45) is 0 Å². The normalized spacial score (nSPS) is 32.1. The van der Waals surface area contributed by atoms with Gasteiger partial charge in [-0.1, -0.05) is 26.0 Å². The van der Waals surface area contributed by atoms with Crippen LogP contribution in [0.3, 0.4) is 0 Å². The molecule has 96 valence electrons. The molecule has 0 bridgehead atoms. The van der Waals surface area contributed by atoms with Crippen molar-refractivity contribution in [1.82, 2.24) is 0 Å². The molecule has 2 atom stereocenters. The van der Waals surface area contributed by atoms with Crippen molar-refractivity contribution < 1.29 is 14.6 Å². The fourth-order valence-electron chi connectivity index (χ4n) is 3.62. The summed E-state index contributed by atoms with van der Waals surface area (Å²) in [5.41, 5.74) is 2.83. The highest BCUT2D eigenvalue weighted by atomic mass is 16.5. The third-order valence-corrected chi connectivity index (χ3v) is 4.67. The second kappa shape index (κ2) is 3.15. The Balaban J connectivity index is 2.42. The van der Waals surface area contributed by atoms with Crippen molar-refractivity contribution in [3.8, 4) is 0 Å². The number of rotatable bonds is 0. The van der Waals surface area contributed by atoms with Gasteiger partial charge in [0.25, 0.3) is 0 Å². The lowest BCUT2D eigenvalue weighted by Gasteiger charge is -2.36. The maximum absolute atomic E-state index is 12.0. The van der Waals surface area contributed by atoms with Gasteiger partial charge in [0, 0.05) is 5.41 Å². The summed E-state index contributed by atoms with van der Waals surface area (Å²) in [5, 5.41) is 10.6. The number of aliphatic hydroxyl groups excluding tert-OH is 1. The summed E-state index contributed by atoms with van der Waals surface area (Å²) < 4.78 is 5.29. The van der Waals surface area contributed by atoms with Gasteiger partial charge in [0.2, 0.25) is 0 Å². The predicted molar refractivity (Wildman–Crippen MR) is 67.8 cm³/mol. The summed E-state index contributed by atoms with van der Waals surface area (Å²) >= 11 is 0. The van der Waals surface area contributed by atoms with Gasteiger partial charge in [-0.3, -0.25) is 0 Å². The molecule has 2 aliphatic rings. The lowest BCUT2D eigenvalue weighted by molar-refractivity contribution is -0.00726. The van der Waals surface area contributed by atoms with E-state index >= 15 is 0 Å². The van der Waals surface area contributed by atoms with Crippen molar-refractivity contribution in [2.45, 2.75) is 44.6 Å². The number of cyclic esters (lactones) is 1. The summed E-state index contributed by atoms with van der Waals surface area (Å²) in [4.78, 5) is 12.0. The quantitative estimate of drug-likeness (QED) is 0.713. The molecular formula is C15H18O3. The molecule has 18 heavy (non-hydrogen) atoms. The SMILES string of the molecule is Cc1ccc2c3c1C(=O)OC[C@@]3(C)[C@H](O)C2(C)C. The highest BCUT2D eigenvalue weighted by Gasteiger charge is 2.57. The molecular weight excluding hydrogens is 228 g/mol. The van der Waals surface area contributed by atoms with E-state index in [-0.39, 0.29) is 18.0 Å². The number of aliphatic hydroxyl groups is 1. The first-order valence-electron chi connectivity index (χ1n) is 6.30. The minimum Gasteiger partial charge on any atom is -0.461 e. The lowest BCUT2D eigenvalue weighted by atomic mass is 9.76. The zero-order valence-electron chi connectivity index (χ0n) is 11.2. The van der Waals surface area contributed by atoms with Crippen LogP contribution in [0.25, 0.3) is 0 Å². The second-order valence-electron chi connectivity index (χ2n) is 6.30. The molecule has 0 unspecified atom stereocenters. The maximum Gasteiger partial charge on any atom is 0.338 e. The average Bonchev–Trinajstić information content (AvgIpc) is 2.46.